The Balaban J connectivity index is 2.42. The second-order valence-corrected chi connectivity index (χ2v) is 3.56. The van der Waals surface area contributed by atoms with E-state index in [0.717, 1.165) is 6.29 Å². The number of hydrogen-bond acceptors (Lipinski definition) is 2. The average molecular weight is 213 g/mol. The minimum atomic E-state index is -0.0915. The maximum atomic E-state index is 12.0. The lowest BCUT2D eigenvalue weighted by Gasteiger charge is -1.99. The number of aromatic nitrogens is 1. The Morgan fingerprint density at radius 2 is 1.94 bits per heavy atom. The largest absolute Gasteiger partial charge is 0.358 e. The molecule has 0 bridgehead atoms. The molecule has 16 heavy (non-hydrogen) atoms. The van der Waals surface area contributed by atoms with Gasteiger partial charge in [-0.1, -0.05) is 30.3 Å². The summed E-state index contributed by atoms with van der Waals surface area (Å²) in [6.07, 6.45) is 2.30. The van der Waals surface area contributed by atoms with Gasteiger partial charge in [0.1, 0.15) is 0 Å². The van der Waals surface area contributed by atoms with Gasteiger partial charge in [0, 0.05) is 17.3 Å². The van der Waals surface area contributed by atoms with E-state index >= 15 is 0 Å². The summed E-state index contributed by atoms with van der Waals surface area (Å²) in [5.74, 6) is -0.0915. The van der Waals surface area contributed by atoms with Crippen molar-refractivity contribution >= 4 is 12.1 Å². The molecular formula is C13H11NO2. The average Bonchev–Trinajstić information content (AvgIpc) is 2.70. The summed E-state index contributed by atoms with van der Waals surface area (Å²) in [5.41, 5.74) is 2.32. The van der Waals surface area contributed by atoms with Gasteiger partial charge in [-0.15, -0.1) is 0 Å². The van der Waals surface area contributed by atoms with Crippen molar-refractivity contribution in [3.05, 3.63) is 58.9 Å². The molecule has 0 saturated carbocycles. The van der Waals surface area contributed by atoms with E-state index in [4.69, 9.17) is 0 Å². The minimum absolute atomic E-state index is 0.0915. The number of aldehydes is 1. The lowest BCUT2D eigenvalue weighted by Crippen LogP contribution is -2.03. The van der Waals surface area contributed by atoms with Gasteiger partial charge in [-0.3, -0.25) is 9.59 Å². The summed E-state index contributed by atoms with van der Waals surface area (Å²) < 4.78 is 0. The number of carbonyl (C=O) groups is 2. The number of aromatic amines is 1. The third-order valence-electron chi connectivity index (χ3n) is 2.57. The lowest BCUT2D eigenvalue weighted by molar-refractivity contribution is 0.103. The van der Waals surface area contributed by atoms with Crippen molar-refractivity contribution in [3.8, 4) is 0 Å². The molecule has 0 aliphatic carbocycles. The quantitative estimate of drug-likeness (QED) is 0.628. The summed E-state index contributed by atoms with van der Waals surface area (Å²) in [5, 5.41) is 0. The summed E-state index contributed by atoms with van der Waals surface area (Å²) in [6, 6.07) is 8.99. The SMILES string of the molecule is Cc1c(C=O)c[nH]c1C(=O)c1ccccc1. The number of ketones is 1. The highest BCUT2D eigenvalue weighted by Gasteiger charge is 2.15. The van der Waals surface area contributed by atoms with Gasteiger partial charge in [0.05, 0.1) is 5.69 Å². The van der Waals surface area contributed by atoms with Gasteiger partial charge in [-0.25, -0.2) is 0 Å². The summed E-state index contributed by atoms with van der Waals surface area (Å²) in [6.45, 7) is 1.76. The molecule has 0 aliphatic heterocycles. The summed E-state index contributed by atoms with van der Waals surface area (Å²) in [7, 11) is 0. The fraction of sp³-hybridized carbons (Fsp3) is 0.0769. The number of rotatable bonds is 3. The van der Waals surface area contributed by atoms with Crippen molar-refractivity contribution in [2.45, 2.75) is 6.92 Å². The Kier molecular flexibility index (Phi) is 2.68. The van der Waals surface area contributed by atoms with Crippen LogP contribution in [-0.4, -0.2) is 17.1 Å². The van der Waals surface area contributed by atoms with Crippen LogP contribution < -0.4 is 0 Å². The van der Waals surface area contributed by atoms with Gasteiger partial charge in [0.25, 0.3) is 0 Å². The molecule has 0 fully saturated rings. The molecule has 1 N–H and O–H groups in total. The number of nitrogens with one attached hydrogen (secondary N) is 1. The molecule has 3 nitrogen and oxygen atoms in total. The fourth-order valence-electron chi connectivity index (χ4n) is 1.60. The molecule has 1 aromatic heterocycles. The molecule has 0 saturated heterocycles. The highest BCUT2D eigenvalue weighted by molar-refractivity contribution is 6.09. The molecule has 80 valence electrons. The minimum Gasteiger partial charge on any atom is -0.358 e. The Bertz CT molecular complexity index is 526. The number of H-pyrrole nitrogens is 1. The Hall–Kier alpha value is -2.16. The van der Waals surface area contributed by atoms with Crippen LogP contribution in [0.5, 0.6) is 0 Å². The van der Waals surface area contributed by atoms with Crippen LogP contribution in [0.15, 0.2) is 36.5 Å². The van der Waals surface area contributed by atoms with E-state index in [1.807, 2.05) is 18.2 Å². The van der Waals surface area contributed by atoms with Crippen LogP contribution in [0.3, 0.4) is 0 Å². The van der Waals surface area contributed by atoms with E-state index in [2.05, 4.69) is 4.98 Å². The third-order valence-corrected chi connectivity index (χ3v) is 2.57. The second-order valence-electron chi connectivity index (χ2n) is 3.56. The number of hydrogen-bond donors (Lipinski definition) is 1. The Morgan fingerprint density at radius 1 is 1.25 bits per heavy atom. The van der Waals surface area contributed by atoms with Gasteiger partial charge in [-0.05, 0) is 12.5 Å². The van der Waals surface area contributed by atoms with Gasteiger partial charge in [0.15, 0.2) is 6.29 Å². The first kappa shape index (κ1) is 10.4. The molecule has 2 aromatic rings. The van der Waals surface area contributed by atoms with Crippen LogP contribution in [0.2, 0.25) is 0 Å². The molecule has 2 rings (SSSR count). The van der Waals surface area contributed by atoms with Crippen LogP contribution >= 0.6 is 0 Å². The fourth-order valence-corrected chi connectivity index (χ4v) is 1.60. The van der Waals surface area contributed by atoms with Crippen LogP contribution in [0.1, 0.15) is 32.0 Å². The number of benzene rings is 1. The standard InChI is InChI=1S/C13H11NO2/c1-9-11(8-15)7-14-12(9)13(16)10-5-3-2-4-6-10/h2-8,14H,1H3. The predicted molar refractivity (Wildman–Crippen MR) is 60.8 cm³/mol. The zero-order chi connectivity index (χ0) is 11.5. The first-order valence-corrected chi connectivity index (χ1v) is 4.97. The van der Waals surface area contributed by atoms with E-state index in [1.54, 1.807) is 25.3 Å². The molecule has 0 spiro atoms. The van der Waals surface area contributed by atoms with Crippen molar-refractivity contribution < 1.29 is 9.59 Å². The van der Waals surface area contributed by atoms with Gasteiger partial charge in [0.2, 0.25) is 5.78 Å². The van der Waals surface area contributed by atoms with Crippen molar-refractivity contribution in [1.29, 1.82) is 0 Å². The van der Waals surface area contributed by atoms with Crippen molar-refractivity contribution in [1.82, 2.24) is 4.98 Å². The van der Waals surface area contributed by atoms with E-state index < -0.39 is 0 Å². The lowest BCUT2D eigenvalue weighted by atomic mass is 10.0. The molecule has 0 atom stereocenters. The first-order chi connectivity index (χ1) is 7.74. The number of carbonyl (C=O) groups excluding carboxylic acids is 2. The highest BCUT2D eigenvalue weighted by atomic mass is 16.1. The van der Waals surface area contributed by atoms with Crippen LogP contribution in [0.25, 0.3) is 0 Å². The molecule has 3 heteroatoms. The molecule has 0 unspecified atom stereocenters. The predicted octanol–water partition coefficient (Wildman–Crippen LogP) is 2.37. The molecule has 1 aromatic carbocycles. The maximum Gasteiger partial charge on any atom is 0.209 e. The Labute approximate surface area is 93.1 Å². The Morgan fingerprint density at radius 3 is 2.50 bits per heavy atom. The van der Waals surface area contributed by atoms with Crippen molar-refractivity contribution in [2.24, 2.45) is 0 Å². The molecule has 1 heterocycles. The summed E-state index contributed by atoms with van der Waals surface area (Å²) >= 11 is 0. The van der Waals surface area contributed by atoms with Gasteiger partial charge >= 0.3 is 0 Å². The molecule has 0 aliphatic rings. The van der Waals surface area contributed by atoms with Crippen LogP contribution in [0.4, 0.5) is 0 Å². The van der Waals surface area contributed by atoms with Crippen molar-refractivity contribution in [2.75, 3.05) is 0 Å². The first-order valence-electron chi connectivity index (χ1n) is 4.97. The highest BCUT2D eigenvalue weighted by Crippen LogP contribution is 2.15. The van der Waals surface area contributed by atoms with Gasteiger partial charge in [-0.2, -0.15) is 0 Å². The van der Waals surface area contributed by atoms with E-state index in [-0.39, 0.29) is 5.78 Å². The second kappa shape index (κ2) is 4.14. The van der Waals surface area contributed by atoms with E-state index in [9.17, 15) is 9.59 Å². The third kappa shape index (κ3) is 1.67. The zero-order valence-corrected chi connectivity index (χ0v) is 8.86. The zero-order valence-electron chi connectivity index (χ0n) is 8.86. The van der Waals surface area contributed by atoms with E-state index in [0.29, 0.717) is 22.4 Å². The van der Waals surface area contributed by atoms with E-state index in [1.165, 1.54) is 0 Å². The van der Waals surface area contributed by atoms with Gasteiger partial charge < -0.3 is 4.98 Å². The summed E-state index contributed by atoms with van der Waals surface area (Å²) in [4.78, 5) is 25.6. The topological polar surface area (TPSA) is 49.9 Å². The molecular weight excluding hydrogens is 202 g/mol. The smallest absolute Gasteiger partial charge is 0.209 e. The normalized spacial score (nSPS) is 10.1. The van der Waals surface area contributed by atoms with Crippen LogP contribution in [-0.2, 0) is 0 Å². The maximum absolute atomic E-state index is 12.0. The van der Waals surface area contributed by atoms with Crippen LogP contribution in [0, 0.1) is 6.92 Å². The molecule has 0 amide bonds. The van der Waals surface area contributed by atoms with Crippen molar-refractivity contribution in [3.63, 3.8) is 0 Å². The molecule has 0 radical (unpaired) electrons. The monoisotopic (exact) mass is 213 g/mol.